The second kappa shape index (κ2) is 5.50. The molecule has 3 atom stereocenters. The Morgan fingerprint density at radius 1 is 1.38 bits per heavy atom. The van der Waals surface area contributed by atoms with Crippen LogP contribution in [-0.4, -0.2) is 31.1 Å². The number of rotatable bonds is 6. The number of hydrogen-bond donors (Lipinski definition) is 1. The highest BCUT2D eigenvalue weighted by atomic mass is 15.1. The predicted octanol–water partition coefficient (Wildman–Crippen LogP) is 2.73. The first kappa shape index (κ1) is 14.0. The second-order valence-electron chi connectivity index (χ2n) is 7.05. The highest BCUT2D eigenvalue weighted by molar-refractivity contribution is 4.84. The molecule has 0 aromatic heterocycles. The van der Waals surface area contributed by atoms with Crippen LogP contribution in [0, 0.1) is 17.3 Å². The van der Waals surface area contributed by atoms with E-state index in [4.69, 9.17) is 5.73 Å². The van der Waals surface area contributed by atoms with Crippen LogP contribution in [0.1, 0.15) is 47.0 Å². The molecule has 1 aliphatic rings. The topological polar surface area (TPSA) is 29.3 Å². The van der Waals surface area contributed by atoms with Gasteiger partial charge in [0.1, 0.15) is 0 Å². The Morgan fingerprint density at radius 2 is 1.94 bits per heavy atom. The van der Waals surface area contributed by atoms with E-state index in [1.165, 1.54) is 13.0 Å². The molecule has 0 heterocycles. The molecular weight excluding hydrogens is 196 g/mol. The average molecular weight is 226 g/mol. The van der Waals surface area contributed by atoms with Gasteiger partial charge in [0, 0.05) is 12.6 Å². The maximum absolute atomic E-state index is 6.16. The van der Waals surface area contributed by atoms with E-state index in [0.717, 1.165) is 31.2 Å². The zero-order chi connectivity index (χ0) is 12.3. The largest absolute Gasteiger partial charge is 0.328 e. The first-order chi connectivity index (χ1) is 7.28. The van der Waals surface area contributed by atoms with E-state index in [0.29, 0.717) is 11.5 Å². The lowest BCUT2D eigenvalue weighted by Crippen LogP contribution is -2.32. The van der Waals surface area contributed by atoms with Crippen molar-refractivity contribution in [2.45, 2.75) is 53.0 Å². The van der Waals surface area contributed by atoms with Gasteiger partial charge >= 0.3 is 0 Å². The fourth-order valence-electron chi connectivity index (χ4n) is 2.42. The van der Waals surface area contributed by atoms with Gasteiger partial charge in [0.05, 0.1) is 0 Å². The van der Waals surface area contributed by atoms with Crippen LogP contribution in [0.4, 0.5) is 0 Å². The summed E-state index contributed by atoms with van der Waals surface area (Å²) in [7, 11) is 2.23. The molecule has 0 aromatic carbocycles. The number of nitrogens with zero attached hydrogens (tertiary/aromatic N) is 1. The number of nitrogens with two attached hydrogens (primary N) is 1. The smallest absolute Gasteiger partial charge is 0.00559 e. The Labute approximate surface area is 102 Å². The molecule has 0 radical (unpaired) electrons. The molecule has 0 amide bonds. The Bertz CT molecular complexity index is 207. The van der Waals surface area contributed by atoms with Gasteiger partial charge in [-0.25, -0.2) is 0 Å². The highest BCUT2D eigenvalue weighted by Gasteiger charge is 2.32. The van der Waals surface area contributed by atoms with Crippen LogP contribution in [0.5, 0.6) is 0 Å². The van der Waals surface area contributed by atoms with Crippen molar-refractivity contribution in [3.05, 3.63) is 0 Å². The Hall–Kier alpha value is -0.0800. The van der Waals surface area contributed by atoms with E-state index in [1.54, 1.807) is 0 Å². The summed E-state index contributed by atoms with van der Waals surface area (Å²) in [5.74, 6) is 1.93. The third-order valence-corrected chi connectivity index (χ3v) is 3.58. The summed E-state index contributed by atoms with van der Waals surface area (Å²) < 4.78 is 0. The third kappa shape index (κ3) is 5.86. The van der Waals surface area contributed by atoms with Crippen molar-refractivity contribution in [2.75, 3.05) is 20.1 Å². The molecule has 1 rings (SSSR count). The molecule has 2 heteroatoms. The summed E-state index contributed by atoms with van der Waals surface area (Å²) in [4.78, 5) is 2.46. The maximum Gasteiger partial charge on any atom is 0.00559 e. The van der Waals surface area contributed by atoms with Crippen LogP contribution in [0.3, 0.4) is 0 Å². The van der Waals surface area contributed by atoms with Crippen molar-refractivity contribution >= 4 is 0 Å². The van der Waals surface area contributed by atoms with Gasteiger partial charge in [-0.1, -0.05) is 27.7 Å². The molecular formula is C14H30N2. The van der Waals surface area contributed by atoms with Gasteiger partial charge in [-0.3, -0.25) is 0 Å². The van der Waals surface area contributed by atoms with Gasteiger partial charge < -0.3 is 10.6 Å². The molecule has 0 aromatic rings. The van der Waals surface area contributed by atoms with Crippen LogP contribution in [0.15, 0.2) is 0 Å². The van der Waals surface area contributed by atoms with Crippen molar-refractivity contribution in [1.29, 1.82) is 0 Å². The van der Waals surface area contributed by atoms with E-state index >= 15 is 0 Å². The normalized spacial score (nSPS) is 27.2. The summed E-state index contributed by atoms with van der Waals surface area (Å²) >= 11 is 0. The first-order valence-electron chi connectivity index (χ1n) is 6.72. The van der Waals surface area contributed by atoms with Crippen molar-refractivity contribution in [1.82, 2.24) is 4.90 Å². The van der Waals surface area contributed by atoms with Crippen LogP contribution in [0.2, 0.25) is 0 Å². The SMILES string of the molecule is CC1CC1CN(C)CCC(N)CC(C)(C)C. The minimum absolute atomic E-state index is 0.360. The van der Waals surface area contributed by atoms with Crippen LogP contribution >= 0.6 is 0 Å². The summed E-state index contributed by atoms with van der Waals surface area (Å²) in [5.41, 5.74) is 6.52. The molecule has 0 bridgehead atoms. The van der Waals surface area contributed by atoms with E-state index in [1.807, 2.05) is 0 Å². The molecule has 3 unspecified atom stereocenters. The van der Waals surface area contributed by atoms with Crippen molar-refractivity contribution in [3.8, 4) is 0 Å². The van der Waals surface area contributed by atoms with Crippen LogP contribution in [-0.2, 0) is 0 Å². The molecule has 1 aliphatic carbocycles. The molecule has 2 nitrogen and oxygen atoms in total. The molecule has 0 aliphatic heterocycles. The van der Waals surface area contributed by atoms with Crippen molar-refractivity contribution < 1.29 is 0 Å². The number of hydrogen-bond acceptors (Lipinski definition) is 2. The third-order valence-electron chi connectivity index (χ3n) is 3.58. The fourth-order valence-corrected chi connectivity index (χ4v) is 2.42. The molecule has 16 heavy (non-hydrogen) atoms. The monoisotopic (exact) mass is 226 g/mol. The van der Waals surface area contributed by atoms with Crippen molar-refractivity contribution in [3.63, 3.8) is 0 Å². The summed E-state index contributed by atoms with van der Waals surface area (Å²) in [6.45, 7) is 11.6. The molecule has 2 N–H and O–H groups in total. The standard InChI is InChI=1S/C14H30N2/c1-11-8-12(11)10-16(5)7-6-13(15)9-14(2,3)4/h11-13H,6-10,15H2,1-5H3. The zero-order valence-corrected chi connectivity index (χ0v) is 11.8. The zero-order valence-electron chi connectivity index (χ0n) is 11.8. The molecule has 96 valence electrons. The predicted molar refractivity (Wildman–Crippen MR) is 71.4 cm³/mol. The van der Waals surface area contributed by atoms with Gasteiger partial charge in [-0.15, -0.1) is 0 Å². The molecule has 1 fully saturated rings. The second-order valence-corrected chi connectivity index (χ2v) is 7.05. The maximum atomic E-state index is 6.16. The van der Waals surface area contributed by atoms with E-state index in [-0.39, 0.29) is 0 Å². The minimum Gasteiger partial charge on any atom is -0.328 e. The molecule has 0 saturated heterocycles. The van der Waals surface area contributed by atoms with E-state index in [2.05, 4.69) is 39.6 Å². The lowest BCUT2D eigenvalue weighted by molar-refractivity contribution is 0.273. The first-order valence-corrected chi connectivity index (χ1v) is 6.72. The fraction of sp³-hybridized carbons (Fsp3) is 1.00. The lowest BCUT2D eigenvalue weighted by atomic mass is 9.87. The van der Waals surface area contributed by atoms with Crippen molar-refractivity contribution in [2.24, 2.45) is 23.0 Å². The summed E-state index contributed by atoms with van der Waals surface area (Å²) in [6.07, 6.45) is 3.69. The van der Waals surface area contributed by atoms with Crippen LogP contribution < -0.4 is 5.73 Å². The van der Waals surface area contributed by atoms with Crippen LogP contribution in [0.25, 0.3) is 0 Å². The van der Waals surface area contributed by atoms with Gasteiger partial charge in [-0.2, -0.15) is 0 Å². The Kier molecular flexibility index (Phi) is 4.81. The Balaban J connectivity index is 2.08. The van der Waals surface area contributed by atoms with Gasteiger partial charge in [0.2, 0.25) is 0 Å². The van der Waals surface area contributed by atoms with E-state index < -0.39 is 0 Å². The minimum atomic E-state index is 0.360. The summed E-state index contributed by atoms with van der Waals surface area (Å²) in [6, 6.07) is 0.360. The van der Waals surface area contributed by atoms with Gasteiger partial charge in [-0.05, 0) is 50.1 Å². The Morgan fingerprint density at radius 3 is 2.38 bits per heavy atom. The summed E-state index contributed by atoms with van der Waals surface area (Å²) in [5, 5.41) is 0. The quantitative estimate of drug-likeness (QED) is 0.754. The molecule has 0 spiro atoms. The van der Waals surface area contributed by atoms with E-state index in [9.17, 15) is 0 Å². The van der Waals surface area contributed by atoms with Gasteiger partial charge in [0.15, 0.2) is 0 Å². The molecule has 1 saturated carbocycles. The highest BCUT2D eigenvalue weighted by Crippen LogP contribution is 2.37. The average Bonchev–Trinajstić information content (AvgIpc) is 2.75. The lowest BCUT2D eigenvalue weighted by Gasteiger charge is -2.25. The van der Waals surface area contributed by atoms with Gasteiger partial charge in [0.25, 0.3) is 0 Å².